The van der Waals surface area contributed by atoms with E-state index in [9.17, 15) is 14.7 Å². The van der Waals surface area contributed by atoms with E-state index < -0.39 is 17.3 Å². The number of carbonyl (C=O) groups excluding carboxylic acids is 1. The van der Waals surface area contributed by atoms with Gasteiger partial charge < -0.3 is 9.84 Å². The van der Waals surface area contributed by atoms with Gasteiger partial charge in [-0.25, -0.2) is 5.43 Å². The zero-order chi connectivity index (χ0) is 20.1. The van der Waals surface area contributed by atoms with E-state index in [-0.39, 0.29) is 10.3 Å². The zero-order valence-corrected chi connectivity index (χ0v) is 15.4. The van der Waals surface area contributed by atoms with E-state index in [4.69, 9.17) is 17.0 Å². The molecule has 0 fully saturated rings. The van der Waals surface area contributed by atoms with Crippen LogP contribution in [0.2, 0.25) is 0 Å². The SMILES string of the molecule is COc1cccc(-n2c(O)c(C=NNC(=O)c3ccncc3)c(=O)[nH]c2=S)c1. The Kier molecular flexibility index (Phi) is 5.61. The summed E-state index contributed by atoms with van der Waals surface area (Å²) in [5.74, 6) is -0.371. The Morgan fingerprint density at radius 2 is 2.11 bits per heavy atom. The van der Waals surface area contributed by atoms with Crippen LogP contribution in [0.1, 0.15) is 15.9 Å². The van der Waals surface area contributed by atoms with E-state index >= 15 is 0 Å². The van der Waals surface area contributed by atoms with Crippen molar-refractivity contribution in [3.63, 3.8) is 0 Å². The summed E-state index contributed by atoms with van der Waals surface area (Å²) in [7, 11) is 1.51. The van der Waals surface area contributed by atoms with Crippen LogP contribution in [0.25, 0.3) is 5.69 Å². The number of nitrogens with one attached hydrogen (secondary N) is 2. The second-order valence-electron chi connectivity index (χ2n) is 5.47. The minimum atomic E-state index is -0.649. The molecule has 3 rings (SSSR count). The highest BCUT2D eigenvalue weighted by Gasteiger charge is 2.13. The van der Waals surface area contributed by atoms with Crippen LogP contribution in [0.15, 0.2) is 58.7 Å². The number of hydrogen-bond donors (Lipinski definition) is 3. The first-order chi connectivity index (χ1) is 13.5. The number of hydrazone groups is 1. The van der Waals surface area contributed by atoms with Crippen molar-refractivity contribution in [1.82, 2.24) is 20.0 Å². The molecule has 0 saturated heterocycles. The fourth-order valence-electron chi connectivity index (χ4n) is 2.37. The van der Waals surface area contributed by atoms with Crippen molar-refractivity contribution in [2.75, 3.05) is 7.11 Å². The van der Waals surface area contributed by atoms with Crippen molar-refractivity contribution in [3.05, 3.63) is 75.0 Å². The summed E-state index contributed by atoms with van der Waals surface area (Å²) in [6.45, 7) is 0. The number of amides is 1. The van der Waals surface area contributed by atoms with Crippen LogP contribution < -0.4 is 15.7 Å². The molecular weight excluding hydrogens is 382 g/mol. The first-order valence-electron chi connectivity index (χ1n) is 7.97. The number of methoxy groups -OCH3 is 1. The monoisotopic (exact) mass is 397 g/mol. The van der Waals surface area contributed by atoms with Crippen LogP contribution in [0, 0.1) is 4.77 Å². The van der Waals surface area contributed by atoms with Crippen molar-refractivity contribution in [2.45, 2.75) is 0 Å². The molecule has 3 aromatic rings. The van der Waals surface area contributed by atoms with E-state index in [1.54, 1.807) is 24.3 Å². The highest BCUT2D eigenvalue weighted by Crippen LogP contribution is 2.22. The number of rotatable bonds is 5. The molecule has 0 aliphatic rings. The largest absolute Gasteiger partial charge is 0.497 e. The lowest BCUT2D eigenvalue weighted by molar-refractivity contribution is 0.0955. The molecule has 0 unspecified atom stereocenters. The summed E-state index contributed by atoms with van der Waals surface area (Å²) in [5, 5.41) is 14.3. The number of benzene rings is 1. The molecule has 0 saturated carbocycles. The summed E-state index contributed by atoms with van der Waals surface area (Å²) >= 11 is 5.15. The second-order valence-corrected chi connectivity index (χ2v) is 5.86. The molecule has 0 bridgehead atoms. The molecule has 142 valence electrons. The smallest absolute Gasteiger partial charge is 0.271 e. The van der Waals surface area contributed by atoms with Gasteiger partial charge in [0, 0.05) is 24.0 Å². The molecule has 28 heavy (non-hydrogen) atoms. The fourth-order valence-corrected chi connectivity index (χ4v) is 2.65. The van der Waals surface area contributed by atoms with Crippen molar-refractivity contribution in [3.8, 4) is 17.3 Å². The van der Waals surface area contributed by atoms with E-state index in [1.165, 1.54) is 36.2 Å². The summed E-state index contributed by atoms with van der Waals surface area (Å²) in [4.78, 5) is 30.4. The van der Waals surface area contributed by atoms with Crippen LogP contribution >= 0.6 is 12.2 Å². The maximum Gasteiger partial charge on any atom is 0.271 e. The number of hydrogen-bond acceptors (Lipinski definition) is 7. The van der Waals surface area contributed by atoms with Gasteiger partial charge in [-0.05, 0) is 36.5 Å². The molecule has 2 heterocycles. The molecule has 10 heteroatoms. The number of pyridine rings is 1. The van der Waals surface area contributed by atoms with Gasteiger partial charge >= 0.3 is 0 Å². The van der Waals surface area contributed by atoms with E-state index in [0.29, 0.717) is 17.0 Å². The minimum absolute atomic E-state index is 0.00581. The standard InChI is InChI=1S/C18H15N5O4S/c1-27-13-4-2-3-12(9-13)23-17(26)14(16(25)21-18(23)28)10-20-22-15(24)11-5-7-19-8-6-11/h2-10,26H,1H3,(H,22,24)(H,21,25,28). The maximum atomic E-state index is 12.2. The van der Waals surface area contributed by atoms with Gasteiger partial charge in [0.25, 0.3) is 11.5 Å². The third kappa shape index (κ3) is 3.96. The Balaban J connectivity index is 1.95. The predicted octanol–water partition coefficient (Wildman–Crippen LogP) is 1.77. The number of aromatic nitrogens is 3. The Hall–Kier alpha value is -3.79. The zero-order valence-electron chi connectivity index (χ0n) is 14.6. The Morgan fingerprint density at radius 1 is 1.36 bits per heavy atom. The van der Waals surface area contributed by atoms with Gasteiger partial charge in [0.1, 0.15) is 11.3 Å². The quantitative estimate of drug-likeness (QED) is 0.343. The maximum absolute atomic E-state index is 12.2. The lowest BCUT2D eigenvalue weighted by atomic mass is 10.2. The average molecular weight is 397 g/mol. The lowest BCUT2D eigenvalue weighted by Gasteiger charge is -2.12. The molecule has 0 atom stereocenters. The van der Waals surface area contributed by atoms with E-state index in [1.807, 2.05) is 0 Å². The van der Waals surface area contributed by atoms with Crippen LogP contribution in [-0.4, -0.2) is 38.9 Å². The van der Waals surface area contributed by atoms with Crippen LogP contribution in [0.5, 0.6) is 11.6 Å². The van der Waals surface area contributed by atoms with Gasteiger partial charge in [-0.3, -0.25) is 24.1 Å². The molecular formula is C18H15N5O4S. The number of carbonyl (C=O) groups is 1. The predicted molar refractivity (Wildman–Crippen MR) is 105 cm³/mol. The van der Waals surface area contributed by atoms with Crippen molar-refractivity contribution in [2.24, 2.45) is 5.10 Å². The molecule has 1 amide bonds. The van der Waals surface area contributed by atoms with Gasteiger partial charge in [0.15, 0.2) is 4.77 Å². The molecule has 0 aliphatic carbocycles. The third-order valence-electron chi connectivity index (χ3n) is 3.73. The van der Waals surface area contributed by atoms with Crippen LogP contribution in [-0.2, 0) is 0 Å². The number of aromatic hydroxyl groups is 1. The van der Waals surface area contributed by atoms with Gasteiger partial charge in [0.05, 0.1) is 19.0 Å². The van der Waals surface area contributed by atoms with Crippen molar-refractivity contribution < 1.29 is 14.6 Å². The van der Waals surface area contributed by atoms with Crippen molar-refractivity contribution in [1.29, 1.82) is 0 Å². The van der Waals surface area contributed by atoms with E-state index in [2.05, 4.69) is 20.5 Å². The van der Waals surface area contributed by atoms with Crippen LogP contribution in [0.3, 0.4) is 0 Å². The molecule has 0 radical (unpaired) electrons. The van der Waals surface area contributed by atoms with Gasteiger partial charge in [-0.2, -0.15) is 5.10 Å². The minimum Gasteiger partial charge on any atom is -0.497 e. The Morgan fingerprint density at radius 3 is 2.82 bits per heavy atom. The Bertz CT molecular complexity index is 1150. The molecule has 2 aromatic heterocycles. The molecule has 0 aliphatic heterocycles. The molecule has 3 N–H and O–H groups in total. The Labute approximate surface area is 164 Å². The topological polar surface area (TPSA) is 122 Å². The first kappa shape index (κ1) is 19.0. The third-order valence-corrected chi connectivity index (χ3v) is 4.02. The lowest BCUT2D eigenvalue weighted by Crippen LogP contribution is -2.21. The fraction of sp³-hybridized carbons (Fsp3) is 0.0556. The molecule has 9 nitrogen and oxygen atoms in total. The number of ether oxygens (including phenoxy) is 1. The summed E-state index contributed by atoms with van der Waals surface area (Å²) in [6.07, 6.45) is 3.97. The van der Waals surface area contributed by atoms with Crippen LogP contribution in [0.4, 0.5) is 0 Å². The summed E-state index contributed by atoms with van der Waals surface area (Å²) in [5.41, 5.74) is 2.28. The second kappa shape index (κ2) is 8.27. The summed E-state index contributed by atoms with van der Waals surface area (Å²) in [6, 6.07) is 9.79. The molecule has 0 spiro atoms. The van der Waals surface area contributed by atoms with Crippen molar-refractivity contribution >= 4 is 24.3 Å². The van der Waals surface area contributed by atoms with Gasteiger partial charge in [0.2, 0.25) is 5.88 Å². The van der Waals surface area contributed by atoms with Gasteiger partial charge in [-0.15, -0.1) is 0 Å². The van der Waals surface area contributed by atoms with Gasteiger partial charge in [-0.1, -0.05) is 6.07 Å². The first-order valence-corrected chi connectivity index (χ1v) is 8.38. The number of aromatic amines is 1. The number of nitrogens with zero attached hydrogens (tertiary/aromatic N) is 3. The summed E-state index contributed by atoms with van der Waals surface area (Å²) < 4.78 is 6.41. The molecule has 1 aromatic carbocycles. The highest BCUT2D eigenvalue weighted by atomic mass is 32.1. The number of H-pyrrole nitrogens is 1. The average Bonchev–Trinajstić information content (AvgIpc) is 2.71. The normalized spacial score (nSPS) is 10.8. The highest BCUT2D eigenvalue weighted by molar-refractivity contribution is 7.71. The van der Waals surface area contributed by atoms with E-state index in [0.717, 1.165) is 6.21 Å².